The van der Waals surface area contributed by atoms with Crippen LogP contribution in [0, 0.1) is 17.3 Å². The summed E-state index contributed by atoms with van der Waals surface area (Å²) in [6, 6.07) is 0. The van der Waals surface area contributed by atoms with E-state index in [0.29, 0.717) is 0 Å². The van der Waals surface area contributed by atoms with Gasteiger partial charge < -0.3 is 4.74 Å². The molecule has 0 aliphatic heterocycles. The first-order chi connectivity index (χ1) is 7.74. The summed E-state index contributed by atoms with van der Waals surface area (Å²) in [6.07, 6.45) is -1.45. The number of halogens is 3. The van der Waals surface area contributed by atoms with Crippen molar-refractivity contribution in [1.82, 2.24) is 0 Å². The lowest BCUT2D eigenvalue weighted by Crippen LogP contribution is -2.49. The van der Waals surface area contributed by atoms with Gasteiger partial charge in [0.05, 0.1) is 17.9 Å². The molecule has 0 spiro atoms. The Balaban J connectivity index is 3.10. The van der Waals surface area contributed by atoms with Crippen LogP contribution in [0.3, 0.4) is 0 Å². The highest BCUT2D eigenvalue weighted by Crippen LogP contribution is 2.52. The summed E-state index contributed by atoms with van der Waals surface area (Å²) >= 11 is 0. The molecule has 98 valence electrons. The highest BCUT2D eigenvalue weighted by Gasteiger charge is 2.59. The van der Waals surface area contributed by atoms with E-state index in [-0.39, 0.29) is 13.0 Å². The molecule has 1 aliphatic carbocycles. The number of carbonyl (C=O) groups is 1. The molecule has 0 heterocycles. The van der Waals surface area contributed by atoms with Crippen LogP contribution in [0.1, 0.15) is 27.2 Å². The normalized spacial score (nSPS) is 33.5. The van der Waals surface area contributed by atoms with E-state index in [1.807, 2.05) is 0 Å². The first-order valence-corrected chi connectivity index (χ1v) is 5.64. The van der Waals surface area contributed by atoms with Gasteiger partial charge in [-0.05, 0) is 26.2 Å². The van der Waals surface area contributed by atoms with Crippen LogP contribution in [0.25, 0.3) is 0 Å². The lowest BCUT2D eigenvalue weighted by atomic mass is 9.65. The van der Waals surface area contributed by atoms with Gasteiger partial charge in [-0.1, -0.05) is 19.1 Å². The number of alkyl halides is 3. The van der Waals surface area contributed by atoms with Gasteiger partial charge in [-0.15, -0.1) is 0 Å². The molecule has 0 fully saturated rings. The molecule has 3 atom stereocenters. The van der Waals surface area contributed by atoms with Gasteiger partial charge in [0, 0.05) is 0 Å². The topological polar surface area (TPSA) is 26.3 Å². The predicted octanol–water partition coefficient (Wildman–Crippen LogP) is 3.33. The molecule has 0 bridgehead atoms. The molecule has 2 nitrogen and oxygen atoms in total. The van der Waals surface area contributed by atoms with Gasteiger partial charge in [0.1, 0.15) is 0 Å². The van der Waals surface area contributed by atoms with Crippen molar-refractivity contribution in [3.8, 4) is 0 Å². The van der Waals surface area contributed by atoms with Gasteiger partial charge in [-0.25, -0.2) is 0 Å². The quantitative estimate of drug-likeness (QED) is 0.555. The van der Waals surface area contributed by atoms with Gasteiger partial charge in [0.2, 0.25) is 0 Å². The smallest absolute Gasteiger partial charge is 0.395 e. The van der Waals surface area contributed by atoms with Crippen LogP contribution in [0.4, 0.5) is 13.2 Å². The Morgan fingerprint density at radius 1 is 1.53 bits per heavy atom. The van der Waals surface area contributed by atoms with Gasteiger partial charge in [0.25, 0.3) is 0 Å². The number of esters is 1. The van der Waals surface area contributed by atoms with E-state index in [4.69, 9.17) is 4.74 Å². The lowest BCUT2D eigenvalue weighted by Gasteiger charge is -2.41. The standard InChI is InChI=1S/C12H17F3O2/c1-4-17-10(16)9-8(2)6-5-7-11(9,3)12(13,14)15/h5-6,8-9H,4,7H2,1-3H3. The Morgan fingerprint density at radius 3 is 2.59 bits per heavy atom. The van der Waals surface area contributed by atoms with E-state index >= 15 is 0 Å². The van der Waals surface area contributed by atoms with E-state index in [0.717, 1.165) is 6.92 Å². The third kappa shape index (κ3) is 2.48. The number of allylic oxidation sites excluding steroid dienone is 2. The van der Waals surface area contributed by atoms with Crippen LogP contribution in [-0.4, -0.2) is 18.8 Å². The van der Waals surface area contributed by atoms with E-state index in [1.54, 1.807) is 19.9 Å². The molecule has 5 heteroatoms. The summed E-state index contributed by atoms with van der Waals surface area (Å²) in [7, 11) is 0. The molecule has 0 aromatic rings. The second-order valence-electron chi connectivity index (χ2n) is 4.64. The second kappa shape index (κ2) is 4.70. The summed E-state index contributed by atoms with van der Waals surface area (Å²) in [5.74, 6) is -2.38. The van der Waals surface area contributed by atoms with Gasteiger partial charge in [-0.2, -0.15) is 13.2 Å². The molecule has 0 aromatic heterocycles. The van der Waals surface area contributed by atoms with Gasteiger partial charge in [-0.3, -0.25) is 4.79 Å². The van der Waals surface area contributed by atoms with E-state index < -0.39 is 29.4 Å². The largest absolute Gasteiger partial charge is 0.466 e. The zero-order chi connectivity index (χ0) is 13.3. The van der Waals surface area contributed by atoms with Crippen LogP contribution in [0.5, 0.6) is 0 Å². The zero-order valence-electron chi connectivity index (χ0n) is 10.2. The average Bonchev–Trinajstić information content (AvgIpc) is 2.15. The fourth-order valence-corrected chi connectivity index (χ4v) is 2.34. The lowest BCUT2D eigenvalue weighted by molar-refractivity contribution is -0.244. The maximum absolute atomic E-state index is 13.1. The molecule has 17 heavy (non-hydrogen) atoms. The second-order valence-corrected chi connectivity index (χ2v) is 4.64. The highest BCUT2D eigenvalue weighted by atomic mass is 19.4. The van der Waals surface area contributed by atoms with Crippen molar-refractivity contribution < 1.29 is 22.7 Å². The Morgan fingerprint density at radius 2 is 2.12 bits per heavy atom. The molecular formula is C12H17F3O2. The summed E-state index contributed by atoms with van der Waals surface area (Å²) in [5, 5.41) is 0. The van der Waals surface area contributed by atoms with Crippen LogP contribution in [0.2, 0.25) is 0 Å². The predicted molar refractivity (Wildman–Crippen MR) is 57.2 cm³/mol. The Bertz CT molecular complexity index is 322. The van der Waals surface area contributed by atoms with Crippen LogP contribution >= 0.6 is 0 Å². The minimum Gasteiger partial charge on any atom is -0.466 e. The van der Waals surface area contributed by atoms with Crippen molar-refractivity contribution in [2.75, 3.05) is 6.61 Å². The molecule has 0 radical (unpaired) electrons. The molecule has 3 unspecified atom stereocenters. The fourth-order valence-electron chi connectivity index (χ4n) is 2.34. The Hall–Kier alpha value is -1.00. The molecule has 0 amide bonds. The fraction of sp³-hybridized carbons (Fsp3) is 0.750. The number of hydrogen-bond acceptors (Lipinski definition) is 2. The number of rotatable bonds is 2. The van der Waals surface area contributed by atoms with Crippen LogP contribution < -0.4 is 0 Å². The molecule has 1 aliphatic rings. The first kappa shape index (κ1) is 14.1. The van der Waals surface area contributed by atoms with E-state index in [9.17, 15) is 18.0 Å². The molecule has 1 rings (SSSR count). The number of carbonyl (C=O) groups excluding carboxylic acids is 1. The summed E-state index contributed by atoms with van der Waals surface area (Å²) in [4.78, 5) is 11.7. The van der Waals surface area contributed by atoms with Crippen LogP contribution in [0.15, 0.2) is 12.2 Å². The molecule has 0 aromatic carbocycles. The van der Waals surface area contributed by atoms with Crippen molar-refractivity contribution in [1.29, 1.82) is 0 Å². The van der Waals surface area contributed by atoms with E-state index in [1.165, 1.54) is 6.08 Å². The molecular weight excluding hydrogens is 233 g/mol. The molecule has 0 saturated heterocycles. The van der Waals surface area contributed by atoms with Crippen molar-refractivity contribution in [3.63, 3.8) is 0 Å². The molecule has 0 N–H and O–H groups in total. The summed E-state index contributed by atoms with van der Waals surface area (Å²) < 4.78 is 44.1. The maximum atomic E-state index is 13.1. The highest BCUT2D eigenvalue weighted by molar-refractivity contribution is 5.74. The SMILES string of the molecule is CCOC(=O)C1C(C)C=CCC1(C)C(F)(F)F. The zero-order valence-corrected chi connectivity index (χ0v) is 10.2. The van der Waals surface area contributed by atoms with Crippen molar-refractivity contribution in [2.45, 2.75) is 33.4 Å². The number of ether oxygens (including phenoxy) is 1. The van der Waals surface area contributed by atoms with Crippen molar-refractivity contribution in [2.24, 2.45) is 17.3 Å². The first-order valence-electron chi connectivity index (χ1n) is 5.64. The summed E-state index contributed by atoms with van der Waals surface area (Å²) in [6.45, 7) is 4.39. The van der Waals surface area contributed by atoms with Gasteiger partial charge >= 0.3 is 12.1 Å². The van der Waals surface area contributed by atoms with Crippen LogP contribution in [-0.2, 0) is 9.53 Å². The third-order valence-electron chi connectivity index (χ3n) is 3.38. The Labute approximate surface area is 98.8 Å². The van der Waals surface area contributed by atoms with Crippen molar-refractivity contribution >= 4 is 5.97 Å². The monoisotopic (exact) mass is 250 g/mol. The number of hydrogen-bond donors (Lipinski definition) is 0. The van der Waals surface area contributed by atoms with Gasteiger partial charge in [0.15, 0.2) is 0 Å². The van der Waals surface area contributed by atoms with Crippen molar-refractivity contribution in [3.05, 3.63) is 12.2 Å². The average molecular weight is 250 g/mol. The molecule has 0 saturated carbocycles. The third-order valence-corrected chi connectivity index (χ3v) is 3.38. The Kier molecular flexibility index (Phi) is 3.89. The minimum absolute atomic E-state index is 0.0969. The van der Waals surface area contributed by atoms with E-state index in [2.05, 4.69) is 0 Å². The summed E-state index contributed by atoms with van der Waals surface area (Å²) in [5.41, 5.74) is -2.03. The maximum Gasteiger partial charge on any atom is 0.395 e. The minimum atomic E-state index is -4.41.